The van der Waals surface area contributed by atoms with Crippen molar-refractivity contribution in [3.8, 4) is 5.75 Å². The number of fused-ring (bicyclic) bond motifs is 1. The van der Waals surface area contributed by atoms with E-state index >= 15 is 0 Å². The summed E-state index contributed by atoms with van der Waals surface area (Å²) in [4.78, 5) is 0. The Hall–Kier alpha value is -2.43. The largest absolute Gasteiger partial charge is 0.494 e. The van der Waals surface area contributed by atoms with Gasteiger partial charge >= 0.3 is 0 Å². The molecule has 0 bridgehead atoms. The molecule has 0 fully saturated rings. The van der Waals surface area contributed by atoms with E-state index in [4.69, 9.17) is 9.47 Å². The van der Waals surface area contributed by atoms with E-state index in [2.05, 4.69) is 26.2 Å². The van der Waals surface area contributed by atoms with Gasteiger partial charge in [0.25, 0.3) is 0 Å². The summed E-state index contributed by atoms with van der Waals surface area (Å²) in [7, 11) is 1.26. The molecule has 0 aromatic heterocycles. The number of rotatable bonds is 5. The van der Waals surface area contributed by atoms with E-state index in [9.17, 15) is 13.2 Å². The Labute approximate surface area is 164 Å². The molecule has 1 aliphatic carbocycles. The summed E-state index contributed by atoms with van der Waals surface area (Å²) in [5.74, 6) is -3.77. The van der Waals surface area contributed by atoms with Crippen molar-refractivity contribution in [3.63, 3.8) is 0 Å². The molecule has 0 radical (unpaired) electrons. The fourth-order valence-corrected chi connectivity index (χ4v) is 3.84. The molecular formula is C23H25F3O2. The number of methoxy groups -OCH3 is 1. The molecule has 0 saturated carbocycles. The third kappa shape index (κ3) is 3.75. The van der Waals surface area contributed by atoms with Gasteiger partial charge < -0.3 is 9.47 Å². The van der Waals surface area contributed by atoms with Crippen LogP contribution in [0.2, 0.25) is 0 Å². The summed E-state index contributed by atoms with van der Waals surface area (Å²) in [6, 6.07) is 1.64. The second-order valence-electron chi connectivity index (χ2n) is 7.32. The minimum absolute atomic E-state index is 0.0735. The molecule has 1 aromatic carbocycles. The predicted octanol–water partition coefficient (Wildman–Crippen LogP) is 6.79. The Bertz CT molecular complexity index is 880. The number of halogens is 3. The lowest BCUT2D eigenvalue weighted by molar-refractivity contribution is 0.272. The zero-order valence-electron chi connectivity index (χ0n) is 16.3. The Morgan fingerprint density at radius 1 is 1.32 bits per heavy atom. The smallest absolute Gasteiger partial charge is 0.207 e. The third-order valence-corrected chi connectivity index (χ3v) is 5.40. The second-order valence-corrected chi connectivity index (χ2v) is 7.32. The van der Waals surface area contributed by atoms with Crippen LogP contribution in [0.3, 0.4) is 0 Å². The van der Waals surface area contributed by atoms with Crippen LogP contribution >= 0.6 is 0 Å². The van der Waals surface area contributed by atoms with Gasteiger partial charge in [-0.3, -0.25) is 0 Å². The average molecular weight is 390 g/mol. The van der Waals surface area contributed by atoms with Gasteiger partial charge in [-0.2, -0.15) is 8.78 Å². The molecule has 1 aliphatic heterocycles. The van der Waals surface area contributed by atoms with Gasteiger partial charge in [0.15, 0.2) is 23.1 Å². The number of benzene rings is 1. The molecule has 0 spiro atoms. The SMILES string of the molecule is C=C(OC)/C(F)=C1/Oc2c(cc(C3CC=C(CCC)CC3)c(F)c2F)CC1=C. The summed E-state index contributed by atoms with van der Waals surface area (Å²) >= 11 is 0. The van der Waals surface area contributed by atoms with Gasteiger partial charge in [0.1, 0.15) is 0 Å². The van der Waals surface area contributed by atoms with Crippen molar-refractivity contribution in [1.29, 1.82) is 0 Å². The van der Waals surface area contributed by atoms with Crippen molar-refractivity contribution in [1.82, 2.24) is 0 Å². The molecule has 2 aliphatic rings. The van der Waals surface area contributed by atoms with Crippen LogP contribution < -0.4 is 4.74 Å². The zero-order valence-corrected chi connectivity index (χ0v) is 16.3. The van der Waals surface area contributed by atoms with Crippen LogP contribution in [-0.2, 0) is 11.2 Å². The maximum Gasteiger partial charge on any atom is 0.207 e. The number of ether oxygens (including phenoxy) is 2. The van der Waals surface area contributed by atoms with Crippen LogP contribution in [0.5, 0.6) is 5.75 Å². The summed E-state index contributed by atoms with van der Waals surface area (Å²) in [5.41, 5.74) is 2.54. The van der Waals surface area contributed by atoms with Gasteiger partial charge in [0.05, 0.1) is 7.11 Å². The van der Waals surface area contributed by atoms with E-state index in [0.29, 0.717) is 23.1 Å². The van der Waals surface area contributed by atoms with Crippen molar-refractivity contribution in [3.05, 3.63) is 76.6 Å². The topological polar surface area (TPSA) is 18.5 Å². The first-order valence-electron chi connectivity index (χ1n) is 9.55. The highest BCUT2D eigenvalue weighted by Crippen LogP contribution is 2.42. The molecule has 0 saturated heterocycles. The molecule has 28 heavy (non-hydrogen) atoms. The molecule has 1 aromatic rings. The van der Waals surface area contributed by atoms with E-state index < -0.39 is 17.5 Å². The van der Waals surface area contributed by atoms with E-state index in [0.717, 1.165) is 25.7 Å². The molecule has 150 valence electrons. The second kappa shape index (κ2) is 8.29. The zero-order chi connectivity index (χ0) is 20.4. The van der Waals surface area contributed by atoms with Gasteiger partial charge in [-0.15, -0.1) is 0 Å². The van der Waals surface area contributed by atoms with Crippen molar-refractivity contribution >= 4 is 0 Å². The van der Waals surface area contributed by atoms with Gasteiger partial charge in [-0.1, -0.05) is 38.2 Å². The minimum atomic E-state index is -1.09. The molecule has 5 heteroatoms. The highest BCUT2D eigenvalue weighted by Gasteiger charge is 2.31. The van der Waals surface area contributed by atoms with Crippen LogP contribution in [0.4, 0.5) is 13.2 Å². The van der Waals surface area contributed by atoms with Crippen LogP contribution in [0.15, 0.2) is 53.8 Å². The fraction of sp³-hybridized carbons (Fsp3) is 0.391. The summed E-state index contributed by atoms with van der Waals surface area (Å²) in [6.45, 7) is 9.37. The highest BCUT2D eigenvalue weighted by molar-refractivity contribution is 5.51. The molecular weight excluding hydrogens is 365 g/mol. The van der Waals surface area contributed by atoms with Gasteiger partial charge in [0, 0.05) is 12.0 Å². The first kappa shape index (κ1) is 20.3. The van der Waals surface area contributed by atoms with Gasteiger partial charge in [-0.05, 0) is 48.8 Å². The van der Waals surface area contributed by atoms with Gasteiger partial charge in [0.2, 0.25) is 11.6 Å². The monoisotopic (exact) mass is 390 g/mol. The fourth-order valence-electron chi connectivity index (χ4n) is 3.84. The summed E-state index contributed by atoms with van der Waals surface area (Å²) in [6.07, 6.45) is 6.83. The molecule has 2 nitrogen and oxygen atoms in total. The highest BCUT2D eigenvalue weighted by atomic mass is 19.2. The lowest BCUT2D eigenvalue weighted by Gasteiger charge is -2.27. The lowest BCUT2D eigenvalue weighted by Crippen LogP contribution is -2.16. The van der Waals surface area contributed by atoms with Crippen molar-refractivity contribution in [2.75, 3.05) is 7.11 Å². The number of allylic oxidation sites excluding steroid dienone is 4. The van der Waals surface area contributed by atoms with Crippen molar-refractivity contribution in [2.45, 2.75) is 51.4 Å². The average Bonchev–Trinajstić information content (AvgIpc) is 2.70. The molecule has 3 rings (SSSR count). The minimum Gasteiger partial charge on any atom is -0.494 e. The van der Waals surface area contributed by atoms with Crippen molar-refractivity contribution in [2.24, 2.45) is 0 Å². The molecule has 1 heterocycles. The lowest BCUT2D eigenvalue weighted by atomic mass is 9.82. The number of hydrogen-bond donors (Lipinski definition) is 0. The van der Waals surface area contributed by atoms with E-state index in [-0.39, 0.29) is 29.6 Å². The maximum atomic E-state index is 14.8. The third-order valence-electron chi connectivity index (χ3n) is 5.40. The molecule has 0 amide bonds. The maximum absolute atomic E-state index is 14.8. The standard InChI is InChI=1S/C23H25F3O2/c1-5-6-15-7-9-16(10-8-15)18-12-17-11-13(2)22(19(24)14(3)27-4)28-23(17)21(26)20(18)25/h7,12,16H,2-3,5-6,8-11H2,1,4H3/b22-19-. The summed E-state index contributed by atoms with van der Waals surface area (Å²) in [5, 5.41) is 0. The van der Waals surface area contributed by atoms with Gasteiger partial charge in [-0.25, -0.2) is 4.39 Å². The first-order chi connectivity index (χ1) is 13.4. The molecule has 1 atom stereocenters. The van der Waals surface area contributed by atoms with E-state index in [1.807, 2.05) is 0 Å². The Balaban J connectivity index is 1.95. The normalized spacial score (nSPS) is 20.8. The van der Waals surface area contributed by atoms with E-state index in [1.165, 1.54) is 12.7 Å². The van der Waals surface area contributed by atoms with Crippen LogP contribution in [0, 0.1) is 11.6 Å². The summed E-state index contributed by atoms with van der Waals surface area (Å²) < 4.78 is 54.1. The quantitative estimate of drug-likeness (QED) is 0.407. The van der Waals surface area contributed by atoms with E-state index in [1.54, 1.807) is 6.07 Å². The van der Waals surface area contributed by atoms with Crippen LogP contribution in [0.1, 0.15) is 56.1 Å². The molecule has 0 N–H and O–H groups in total. The van der Waals surface area contributed by atoms with Crippen molar-refractivity contribution < 1.29 is 22.6 Å². The molecule has 1 unspecified atom stereocenters. The first-order valence-corrected chi connectivity index (χ1v) is 9.55. The Kier molecular flexibility index (Phi) is 6.01. The predicted molar refractivity (Wildman–Crippen MR) is 104 cm³/mol. The Morgan fingerprint density at radius 2 is 2.07 bits per heavy atom. The van der Waals surface area contributed by atoms with Crippen LogP contribution in [0.25, 0.3) is 0 Å². The van der Waals surface area contributed by atoms with Crippen LogP contribution in [-0.4, -0.2) is 7.11 Å². The number of hydrogen-bond acceptors (Lipinski definition) is 2. The Morgan fingerprint density at radius 3 is 2.68 bits per heavy atom.